The van der Waals surface area contributed by atoms with Gasteiger partial charge in [-0.15, -0.1) is 10.2 Å². The second-order valence-corrected chi connectivity index (χ2v) is 9.18. The summed E-state index contributed by atoms with van der Waals surface area (Å²) in [5, 5.41) is 7.59. The number of nitrogens with zero attached hydrogens (tertiary/aromatic N) is 3. The number of aromatic nitrogens is 2. The van der Waals surface area contributed by atoms with Crippen LogP contribution in [0.5, 0.6) is 0 Å². The molecule has 5 aliphatic rings. The van der Waals surface area contributed by atoms with Gasteiger partial charge in [0.25, 0.3) is 5.89 Å². The summed E-state index contributed by atoms with van der Waals surface area (Å²) in [5.41, 5.74) is -0.207. The van der Waals surface area contributed by atoms with E-state index < -0.39 is 6.04 Å². The molecule has 0 N–H and O–H groups in total. The molecular weight excluding hydrogens is 346 g/mol. The molecule has 5 fully saturated rings. The molecule has 1 atom stereocenters. The predicted octanol–water partition coefficient (Wildman–Crippen LogP) is 2.63. The van der Waals surface area contributed by atoms with Crippen molar-refractivity contribution in [3.05, 3.63) is 11.8 Å². The van der Waals surface area contributed by atoms with Gasteiger partial charge in [-0.2, -0.15) is 0 Å². The van der Waals surface area contributed by atoms with Gasteiger partial charge in [-0.05, 0) is 69.1 Å². The van der Waals surface area contributed by atoms with E-state index in [-0.39, 0.29) is 29.8 Å². The summed E-state index contributed by atoms with van der Waals surface area (Å²) in [5.74, 6) is 2.76. The van der Waals surface area contributed by atoms with Crippen LogP contribution in [-0.2, 0) is 20.9 Å². The summed E-state index contributed by atoms with van der Waals surface area (Å²) in [6.07, 6.45) is 8.54. The van der Waals surface area contributed by atoms with E-state index in [0.717, 1.165) is 25.7 Å². The first-order valence-corrected chi connectivity index (χ1v) is 10.3. The molecular formula is C20H27N3O4. The van der Waals surface area contributed by atoms with Crippen LogP contribution >= 0.6 is 0 Å². The maximum atomic E-state index is 13.6. The third-order valence-corrected chi connectivity index (χ3v) is 7.18. The van der Waals surface area contributed by atoms with Crippen molar-refractivity contribution in [2.24, 2.45) is 23.2 Å². The lowest BCUT2D eigenvalue weighted by molar-refractivity contribution is -0.166. The van der Waals surface area contributed by atoms with Gasteiger partial charge in [0.15, 0.2) is 6.61 Å². The zero-order valence-corrected chi connectivity index (χ0v) is 15.9. The maximum absolute atomic E-state index is 13.6. The van der Waals surface area contributed by atoms with Crippen LogP contribution in [0.2, 0.25) is 0 Å². The van der Waals surface area contributed by atoms with Gasteiger partial charge in [-0.25, -0.2) is 4.79 Å². The monoisotopic (exact) mass is 373 g/mol. The summed E-state index contributed by atoms with van der Waals surface area (Å²) in [7, 11) is 0. The zero-order chi connectivity index (χ0) is 18.6. The minimum atomic E-state index is -0.463. The molecule has 6 rings (SSSR count). The molecule has 1 aliphatic heterocycles. The quantitative estimate of drug-likeness (QED) is 0.754. The molecule has 4 aliphatic carbocycles. The van der Waals surface area contributed by atoms with Crippen LogP contribution in [0.3, 0.4) is 0 Å². The predicted molar refractivity (Wildman–Crippen MR) is 94.2 cm³/mol. The molecule has 4 bridgehead atoms. The third kappa shape index (κ3) is 2.95. The Morgan fingerprint density at radius 2 is 1.81 bits per heavy atom. The maximum Gasteiger partial charge on any atom is 0.329 e. The van der Waals surface area contributed by atoms with E-state index in [9.17, 15) is 9.59 Å². The van der Waals surface area contributed by atoms with Crippen molar-refractivity contribution in [1.29, 1.82) is 0 Å². The number of esters is 1. The van der Waals surface area contributed by atoms with Crippen LogP contribution < -0.4 is 0 Å². The Bertz CT molecular complexity index is 723. The molecule has 1 amide bonds. The molecule has 7 nitrogen and oxygen atoms in total. The molecule has 0 aromatic carbocycles. The van der Waals surface area contributed by atoms with Gasteiger partial charge in [-0.1, -0.05) is 0 Å². The van der Waals surface area contributed by atoms with E-state index in [4.69, 9.17) is 9.15 Å². The number of ether oxygens (including phenoxy) is 1. The largest absolute Gasteiger partial charge is 0.454 e. The molecule has 1 saturated heterocycles. The number of carbonyl (C=O) groups excluding carboxylic acids is 2. The van der Waals surface area contributed by atoms with Crippen LogP contribution in [0, 0.1) is 30.1 Å². The molecule has 2 heterocycles. The van der Waals surface area contributed by atoms with Gasteiger partial charge in [0.05, 0.1) is 5.41 Å². The Balaban J connectivity index is 1.28. The van der Waals surface area contributed by atoms with Crippen LogP contribution in [0.1, 0.15) is 63.1 Å². The third-order valence-electron chi connectivity index (χ3n) is 7.18. The van der Waals surface area contributed by atoms with E-state index in [2.05, 4.69) is 10.2 Å². The summed E-state index contributed by atoms with van der Waals surface area (Å²) < 4.78 is 10.7. The van der Waals surface area contributed by atoms with Crippen molar-refractivity contribution in [2.75, 3.05) is 6.54 Å². The van der Waals surface area contributed by atoms with Crippen molar-refractivity contribution >= 4 is 11.9 Å². The molecule has 146 valence electrons. The smallest absolute Gasteiger partial charge is 0.329 e. The van der Waals surface area contributed by atoms with Gasteiger partial charge in [0.1, 0.15) is 6.04 Å². The summed E-state index contributed by atoms with van der Waals surface area (Å²) >= 11 is 0. The van der Waals surface area contributed by atoms with Gasteiger partial charge >= 0.3 is 5.97 Å². The first kappa shape index (κ1) is 17.2. The van der Waals surface area contributed by atoms with E-state index in [0.29, 0.717) is 36.6 Å². The van der Waals surface area contributed by atoms with Crippen molar-refractivity contribution in [2.45, 2.75) is 70.9 Å². The lowest BCUT2D eigenvalue weighted by Gasteiger charge is -2.56. The first-order valence-electron chi connectivity index (χ1n) is 10.3. The van der Waals surface area contributed by atoms with Gasteiger partial charge in [0, 0.05) is 13.5 Å². The molecule has 4 saturated carbocycles. The molecule has 0 spiro atoms. The molecule has 1 aromatic rings. The fourth-order valence-corrected chi connectivity index (χ4v) is 6.56. The number of likely N-dealkylation sites (tertiary alicyclic amines) is 1. The Kier molecular flexibility index (Phi) is 4.02. The second kappa shape index (κ2) is 6.31. The normalized spacial score (nSPS) is 37.0. The number of hydrogen-bond acceptors (Lipinski definition) is 6. The molecule has 7 heteroatoms. The molecule has 27 heavy (non-hydrogen) atoms. The minimum Gasteiger partial charge on any atom is -0.454 e. The minimum absolute atomic E-state index is 0.0322. The van der Waals surface area contributed by atoms with Crippen molar-refractivity contribution in [3.8, 4) is 0 Å². The fraction of sp³-hybridized carbons (Fsp3) is 0.800. The highest BCUT2D eigenvalue weighted by Gasteiger charge is 2.56. The number of hydrogen-bond donors (Lipinski definition) is 0. The molecule has 1 aromatic heterocycles. The summed E-state index contributed by atoms with van der Waals surface area (Å²) in [6, 6.07) is -0.463. The van der Waals surface area contributed by atoms with Crippen LogP contribution in [0.15, 0.2) is 4.42 Å². The Morgan fingerprint density at radius 1 is 1.15 bits per heavy atom. The number of carbonyl (C=O) groups is 2. The van der Waals surface area contributed by atoms with Gasteiger partial charge in [-0.3, -0.25) is 4.79 Å². The van der Waals surface area contributed by atoms with Crippen LogP contribution in [-0.4, -0.2) is 39.6 Å². The standard InChI is InChI=1S/C20H27N3O4/c1-12-21-22-17(27-12)11-26-18(24)16-3-2-4-23(16)19(25)20-8-13-5-14(9-20)7-15(6-13)10-20/h13-16H,2-11H2,1H3/t13?,14?,15?,16-,20?/m0/s1. The van der Waals surface area contributed by atoms with E-state index in [1.54, 1.807) is 6.92 Å². The van der Waals surface area contributed by atoms with E-state index in [1.807, 2.05) is 4.90 Å². The average Bonchev–Trinajstić information content (AvgIpc) is 3.27. The number of amides is 1. The van der Waals surface area contributed by atoms with Crippen molar-refractivity contribution in [3.63, 3.8) is 0 Å². The summed E-state index contributed by atoms with van der Waals surface area (Å²) in [6.45, 7) is 2.33. The Labute approximate surface area is 158 Å². The van der Waals surface area contributed by atoms with Crippen molar-refractivity contribution < 1.29 is 18.7 Å². The highest BCUT2D eigenvalue weighted by atomic mass is 16.5. The zero-order valence-electron chi connectivity index (χ0n) is 15.9. The topological polar surface area (TPSA) is 85.5 Å². The lowest BCUT2D eigenvalue weighted by Crippen LogP contribution is -2.56. The van der Waals surface area contributed by atoms with Crippen LogP contribution in [0.25, 0.3) is 0 Å². The Morgan fingerprint density at radius 3 is 2.41 bits per heavy atom. The van der Waals surface area contributed by atoms with Gasteiger partial charge in [0.2, 0.25) is 11.8 Å². The Hall–Kier alpha value is -1.92. The molecule has 0 unspecified atom stereocenters. The second-order valence-electron chi connectivity index (χ2n) is 9.18. The first-order chi connectivity index (χ1) is 13.0. The number of rotatable bonds is 4. The fourth-order valence-electron chi connectivity index (χ4n) is 6.56. The lowest BCUT2D eigenvalue weighted by atomic mass is 9.49. The van der Waals surface area contributed by atoms with E-state index >= 15 is 0 Å². The van der Waals surface area contributed by atoms with Crippen molar-refractivity contribution in [1.82, 2.24) is 15.1 Å². The SMILES string of the molecule is Cc1nnc(COC(=O)[C@@H]2CCCN2C(=O)C23CC4CC(CC(C4)C2)C3)o1. The average molecular weight is 373 g/mol. The highest BCUT2D eigenvalue weighted by Crippen LogP contribution is 2.60. The highest BCUT2D eigenvalue weighted by molar-refractivity contribution is 5.89. The summed E-state index contributed by atoms with van der Waals surface area (Å²) in [4.78, 5) is 28.1. The molecule has 0 radical (unpaired) electrons. The van der Waals surface area contributed by atoms with E-state index in [1.165, 1.54) is 19.3 Å². The van der Waals surface area contributed by atoms with Crippen LogP contribution in [0.4, 0.5) is 0 Å². The van der Waals surface area contributed by atoms with Gasteiger partial charge < -0.3 is 14.1 Å². The number of aryl methyl sites for hydroxylation is 1.